The molecule has 5 heteroatoms. The maximum atomic E-state index is 5.72. The summed E-state index contributed by atoms with van der Waals surface area (Å²) >= 11 is 0. The maximum absolute atomic E-state index is 5.72. The molecular weight excluding hydrogens is 180 g/mol. The van der Waals surface area contributed by atoms with Crippen LogP contribution >= 0.6 is 0 Å². The Hall–Kier alpha value is -1.07. The zero-order chi connectivity index (χ0) is 9.80. The number of aromatic nitrogens is 2. The summed E-state index contributed by atoms with van der Waals surface area (Å²) in [5, 5.41) is 6.80. The van der Waals surface area contributed by atoms with Gasteiger partial charge < -0.3 is 10.5 Å². The molecule has 1 fully saturated rings. The van der Waals surface area contributed by atoms with Crippen molar-refractivity contribution < 1.29 is 4.74 Å². The van der Waals surface area contributed by atoms with Crippen molar-refractivity contribution in [2.45, 2.75) is 6.42 Å². The molecule has 1 aliphatic heterocycles. The molecule has 0 aliphatic carbocycles. The van der Waals surface area contributed by atoms with Crippen molar-refractivity contribution in [2.75, 3.05) is 38.6 Å². The molecule has 1 aromatic heterocycles. The molecular formula is C9H16N4O. The number of anilines is 1. The highest BCUT2D eigenvalue weighted by molar-refractivity contribution is 5.39. The van der Waals surface area contributed by atoms with Gasteiger partial charge in [-0.2, -0.15) is 5.10 Å². The molecule has 0 saturated carbocycles. The van der Waals surface area contributed by atoms with Gasteiger partial charge in [0.05, 0.1) is 30.8 Å². The number of morpholine rings is 1. The van der Waals surface area contributed by atoms with Crippen LogP contribution in [0.3, 0.4) is 0 Å². The Labute approximate surface area is 83.2 Å². The molecule has 0 bridgehead atoms. The number of nitrogens with zero attached hydrogens (tertiary/aromatic N) is 2. The first-order valence-electron chi connectivity index (χ1n) is 4.94. The minimum Gasteiger partial charge on any atom is -0.396 e. The predicted octanol–water partition coefficient (Wildman–Crippen LogP) is -0.133. The average molecular weight is 196 g/mol. The Bertz CT molecular complexity index is 280. The number of aromatic amines is 1. The van der Waals surface area contributed by atoms with Gasteiger partial charge in [0.15, 0.2) is 0 Å². The van der Waals surface area contributed by atoms with Gasteiger partial charge in [-0.1, -0.05) is 0 Å². The molecule has 2 heterocycles. The molecule has 1 aromatic rings. The first kappa shape index (κ1) is 9.48. The molecule has 1 aliphatic rings. The third-order valence-corrected chi connectivity index (χ3v) is 2.53. The lowest BCUT2D eigenvalue weighted by Crippen LogP contribution is -2.37. The first-order chi connectivity index (χ1) is 6.86. The minimum absolute atomic E-state index is 0.762. The van der Waals surface area contributed by atoms with Crippen molar-refractivity contribution in [3.8, 4) is 0 Å². The number of hydrogen-bond acceptors (Lipinski definition) is 4. The third-order valence-electron chi connectivity index (χ3n) is 2.53. The molecule has 3 N–H and O–H groups in total. The van der Waals surface area contributed by atoms with Gasteiger partial charge in [-0.25, -0.2) is 0 Å². The maximum Gasteiger partial charge on any atom is 0.0730 e. The zero-order valence-corrected chi connectivity index (χ0v) is 8.20. The fraction of sp³-hybridized carbons (Fsp3) is 0.667. The Kier molecular flexibility index (Phi) is 3.00. The van der Waals surface area contributed by atoms with E-state index in [1.807, 2.05) is 0 Å². The van der Waals surface area contributed by atoms with Crippen LogP contribution in [-0.4, -0.2) is 47.9 Å². The fourth-order valence-electron chi connectivity index (χ4n) is 1.62. The number of nitrogens with two attached hydrogens (primary N) is 1. The van der Waals surface area contributed by atoms with E-state index < -0.39 is 0 Å². The topological polar surface area (TPSA) is 67.2 Å². The van der Waals surface area contributed by atoms with E-state index in [2.05, 4.69) is 15.1 Å². The lowest BCUT2D eigenvalue weighted by Gasteiger charge is -2.26. The van der Waals surface area contributed by atoms with Gasteiger partial charge in [-0.15, -0.1) is 0 Å². The molecule has 0 spiro atoms. The second kappa shape index (κ2) is 4.43. The lowest BCUT2D eigenvalue weighted by atomic mass is 10.2. The lowest BCUT2D eigenvalue weighted by molar-refractivity contribution is 0.0383. The van der Waals surface area contributed by atoms with E-state index >= 15 is 0 Å². The molecule has 0 amide bonds. The second-order valence-corrected chi connectivity index (χ2v) is 3.51. The fourth-order valence-corrected chi connectivity index (χ4v) is 1.62. The van der Waals surface area contributed by atoms with E-state index in [-0.39, 0.29) is 0 Å². The van der Waals surface area contributed by atoms with Crippen LogP contribution in [0.2, 0.25) is 0 Å². The summed E-state index contributed by atoms with van der Waals surface area (Å²) in [6.45, 7) is 4.76. The number of H-pyrrole nitrogens is 1. The van der Waals surface area contributed by atoms with Crippen LogP contribution in [0.25, 0.3) is 0 Å². The van der Waals surface area contributed by atoms with Crippen molar-refractivity contribution in [3.05, 3.63) is 11.9 Å². The smallest absolute Gasteiger partial charge is 0.0730 e. The summed E-state index contributed by atoms with van der Waals surface area (Å²) in [6.07, 6.45) is 2.60. The van der Waals surface area contributed by atoms with Crippen molar-refractivity contribution in [2.24, 2.45) is 0 Å². The summed E-state index contributed by atoms with van der Waals surface area (Å²) in [5.74, 6) is 0. The van der Waals surface area contributed by atoms with Crippen LogP contribution in [0.1, 0.15) is 5.69 Å². The van der Waals surface area contributed by atoms with E-state index in [0.29, 0.717) is 0 Å². The van der Waals surface area contributed by atoms with Crippen LogP contribution in [0.15, 0.2) is 6.20 Å². The monoisotopic (exact) mass is 196 g/mol. The van der Waals surface area contributed by atoms with Crippen molar-refractivity contribution in [1.82, 2.24) is 15.1 Å². The van der Waals surface area contributed by atoms with Gasteiger partial charge in [-0.05, 0) is 0 Å². The van der Waals surface area contributed by atoms with Crippen LogP contribution < -0.4 is 5.73 Å². The van der Waals surface area contributed by atoms with E-state index in [1.165, 1.54) is 0 Å². The van der Waals surface area contributed by atoms with Crippen molar-refractivity contribution >= 4 is 5.69 Å². The standard InChI is InChI=1S/C9H16N4O/c10-8-7-11-12-9(8)1-2-13-3-5-14-6-4-13/h7H,1-6,10H2,(H,11,12). The van der Waals surface area contributed by atoms with Crippen LogP contribution in [0, 0.1) is 0 Å². The summed E-state index contributed by atoms with van der Waals surface area (Å²) < 4.78 is 5.27. The molecule has 78 valence electrons. The Balaban J connectivity index is 1.79. The van der Waals surface area contributed by atoms with E-state index in [0.717, 1.165) is 50.7 Å². The summed E-state index contributed by atoms with van der Waals surface area (Å²) in [7, 11) is 0. The summed E-state index contributed by atoms with van der Waals surface area (Å²) in [5.41, 5.74) is 7.52. The average Bonchev–Trinajstić information content (AvgIpc) is 2.63. The number of rotatable bonds is 3. The van der Waals surface area contributed by atoms with Crippen LogP contribution in [-0.2, 0) is 11.2 Å². The van der Waals surface area contributed by atoms with Gasteiger partial charge in [0.25, 0.3) is 0 Å². The molecule has 0 aromatic carbocycles. The molecule has 0 unspecified atom stereocenters. The summed E-state index contributed by atoms with van der Waals surface area (Å²) in [4.78, 5) is 2.38. The molecule has 0 atom stereocenters. The Morgan fingerprint density at radius 1 is 1.50 bits per heavy atom. The highest BCUT2D eigenvalue weighted by Gasteiger charge is 2.10. The second-order valence-electron chi connectivity index (χ2n) is 3.51. The van der Waals surface area contributed by atoms with Gasteiger partial charge in [0, 0.05) is 26.1 Å². The number of ether oxygens (including phenoxy) is 1. The number of nitrogens with one attached hydrogen (secondary N) is 1. The van der Waals surface area contributed by atoms with E-state index in [4.69, 9.17) is 10.5 Å². The van der Waals surface area contributed by atoms with Gasteiger partial charge in [-0.3, -0.25) is 10.00 Å². The largest absolute Gasteiger partial charge is 0.396 e. The predicted molar refractivity (Wildman–Crippen MR) is 54.0 cm³/mol. The normalized spacial score (nSPS) is 18.6. The summed E-state index contributed by atoms with van der Waals surface area (Å²) in [6, 6.07) is 0. The van der Waals surface area contributed by atoms with Crippen LogP contribution in [0.4, 0.5) is 5.69 Å². The van der Waals surface area contributed by atoms with Gasteiger partial charge in [0.1, 0.15) is 0 Å². The van der Waals surface area contributed by atoms with Crippen molar-refractivity contribution in [1.29, 1.82) is 0 Å². The molecule has 5 nitrogen and oxygen atoms in total. The SMILES string of the molecule is Nc1cn[nH]c1CCN1CCOCC1. The Morgan fingerprint density at radius 3 is 2.93 bits per heavy atom. The molecule has 1 saturated heterocycles. The number of hydrogen-bond donors (Lipinski definition) is 2. The van der Waals surface area contributed by atoms with Gasteiger partial charge in [0.2, 0.25) is 0 Å². The molecule has 2 rings (SSSR count). The van der Waals surface area contributed by atoms with E-state index in [1.54, 1.807) is 6.20 Å². The highest BCUT2D eigenvalue weighted by Crippen LogP contribution is 2.08. The van der Waals surface area contributed by atoms with Crippen molar-refractivity contribution in [3.63, 3.8) is 0 Å². The third kappa shape index (κ3) is 2.24. The minimum atomic E-state index is 0.762. The number of nitrogen functional groups attached to an aromatic ring is 1. The van der Waals surface area contributed by atoms with Crippen LogP contribution in [0.5, 0.6) is 0 Å². The highest BCUT2D eigenvalue weighted by atomic mass is 16.5. The molecule has 0 radical (unpaired) electrons. The molecule has 14 heavy (non-hydrogen) atoms. The zero-order valence-electron chi connectivity index (χ0n) is 8.20. The quantitative estimate of drug-likeness (QED) is 0.706. The van der Waals surface area contributed by atoms with E-state index in [9.17, 15) is 0 Å². The first-order valence-corrected chi connectivity index (χ1v) is 4.94. The van der Waals surface area contributed by atoms with Gasteiger partial charge >= 0.3 is 0 Å². The Morgan fingerprint density at radius 2 is 2.29 bits per heavy atom.